The van der Waals surface area contributed by atoms with E-state index in [1.54, 1.807) is 18.2 Å². The van der Waals surface area contributed by atoms with E-state index in [1.165, 1.54) is 11.2 Å². The molecule has 0 aliphatic heterocycles. The molecule has 2 amide bonds. The first-order valence-corrected chi connectivity index (χ1v) is 10.2. The van der Waals surface area contributed by atoms with Gasteiger partial charge in [0.05, 0.1) is 24.0 Å². The molecule has 2 aromatic rings. The number of imidazole rings is 1. The maximum Gasteiger partial charge on any atom is 0.389 e. The Hall–Kier alpha value is -3.28. The quantitative estimate of drug-likeness (QED) is 0.210. The Morgan fingerprint density at radius 2 is 2.00 bits per heavy atom. The number of benzene rings is 1. The minimum absolute atomic E-state index is 0.00666. The summed E-state index contributed by atoms with van der Waals surface area (Å²) >= 11 is 0. The smallest absolute Gasteiger partial charge is 0.389 e. The molecule has 0 radical (unpaired) electrons. The van der Waals surface area contributed by atoms with Crippen LogP contribution in [0.5, 0.6) is 0 Å². The number of fused-ring (bicyclic) bond motifs is 1. The molecule has 1 aromatic heterocycles. The van der Waals surface area contributed by atoms with E-state index in [4.69, 9.17) is 11.6 Å². The van der Waals surface area contributed by atoms with E-state index in [0.29, 0.717) is 34.9 Å². The number of nitrogens with zero attached hydrogens (tertiary/aromatic N) is 2. The zero-order valence-electron chi connectivity index (χ0n) is 17.3. The van der Waals surface area contributed by atoms with Crippen LogP contribution in [0.1, 0.15) is 37.1 Å². The fourth-order valence-corrected chi connectivity index (χ4v) is 3.00. The molecule has 32 heavy (non-hydrogen) atoms. The van der Waals surface area contributed by atoms with Crippen molar-refractivity contribution in [3.63, 3.8) is 0 Å². The molecule has 174 valence electrons. The number of nitrogens with two attached hydrogens (primary N) is 2. The number of aromatic nitrogens is 2. The maximum absolute atomic E-state index is 12.2. The van der Waals surface area contributed by atoms with Gasteiger partial charge >= 0.3 is 6.18 Å². The number of rotatable bonds is 10. The molecule has 1 aliphatic rings. The fourth-order valence-electron chi connectivity index (χ4n) is 3.00. The van der Waals surface area contributed by atoms with Gasteiger partial charge < -0.3 is 26.4 Å². The number of hydrazine groups is 1. The number of H-pyrrole nitrogens is 1. The largest absolute Gasteiger partial charge is 0.393 e. The Bertz CT molecular complexity index is 999. The van der Waals surface area contributed by atoms with E-state index in [9.17, 15) is 22.8 Å². The Morgan fingerprint density at radius 3 is 2.69 bits per heavy atom. The lowest BCUT2D eigenvalue weighted by Gasteiger charge is -2.14. The van der Waals surface area contributed by atoms with Gasteiger partial charge in [-0.2, -0.15) is 13.2 Å². The summed E-state index contributed by atoms with van der Waals surface area (Å²) in [5.41, 5.74) is 7.77. The molecular formula is C20H26F3N7O2. The number of hydrogen-bond acceptors (Lipinski definition) is 6. The van der Waals surface area contributed by atoms with Gasteiger partial charge in [-0.05, 0) is 36.5 Å². The molecule has 1 saturated carbocycles. The van der Waals surface area contributed by atoms with Crippen molar-refractivity contribution >= 4 is 22.8 Å². The minimum atomic E-state index is -4.36. The molecule has 0 bridgehead atoms. The predicted octanol–water partition coefficient (Wildman–Crippen LogP) is 1.52. The van der Waals surface area contributed by atoms with Crippen LogP contribution in [0.15, 0.2) is 30.1 Å². The zero-order chi connectivity index (χ0) is 23.3. The van der Waals surface area contributed by atoms with Gasteiger partial charge in [0.1, 0.15) is 11.5 Å². The lowest BCUT2D eigenvalue weighted by atomic mass is 10.2. The maximum atomic E-state index is 12.2. The van der Waals surface area contributed by atoms with E-state index in [0.717, 1.165) is 12.8 Å². The Morgan fingerprint density at radius 1 is 1.25 bits per heavy atom. The summed E-state index contributed by atoms with van der Waals surface area (Å²) in [6, 6.07) is 5.16. The normalized spacial score (nSPS) is 14.4. The summed E-state index contributed by atoms with van der Waals surface area (Å²) in [4.78, 5) is 31.1. The van der Waals surface area contributed by atoms with Crippen molar-refractivity contribution in [1.82, 2.24) is 25.6 Å². The van der Waals surface area contributed by atoms with Gasteiger partial charge in [-0.25, -0.2) is 10.8 Å². The molecule has 12 heteroatoms. The number of nitrogens with one attached hydrogen (secondary N) is 3. The first-order chi connectivity index (χ1) is 15.1. The molecule has 1 aliphatic carbocycles. The van der Waals surface area contributed by atoms with Crippen molar-refractivity contribution in [3.05, 3.63) is 41.5 Å². The number of carbonyl (C=O) groups is 2. The third-order valence-electron chi connectivity index (χ3n) is 4.87. The summed E-state index contributed by atoms with van der Waals surface area (Å²) in [6.45, 7) is 0.858. The highest BCUT2D eigenvalue weighted by atomic mass is 19.4. The third-order valence-corrected chi connectivity index (χ3v) is 4.87. The fraction of sp³-hybridized carbons (Fsp3) is 0.450. The van der Waals surface area contributed by atoms with Crippen LogP contribution in [-0.4, -0.2) is 39.5 Å². The number of carbonyl (C=O) groups excluding carboxylic acids is 2. The first kappa shape index (κ1) is 23.4. The van der Waals surface area contributed by atoms with Gasteiger partial charge in [0.25, 0.3) is 5.91 Å². The zero-order valence-corrected chi connectivity index (χ0v) is 17.3. The highest BCUT2D eigenvalue weighted by Crippen LogP contribution is 2.29. The van der Waals surface area contributed by atoms with Gasteiger partial charge in [0.2, 0.25) is 5.91 Å². The van der Waals surface area contributed by atoms with E-state index < -0.39 is 30.8 Å². The van der Waals surface area contributed by atoms with Crippen molar-refractivity contribution in [2.75, 3.05) is 6.54 Å². The van der Waals surface area contributed by atoms with Gasteiger partial charge in [-0.15, -0.1) is 0 Å². The van der Waals surface area contributed by atoms with Crippen molar-refractivity contribution in [1.29, 1.82) is 0 Å². The molecule has 0 atom stereocenters. The van der Waals surface area contributed by atoms with Crippen LogP contribution in [0.2, 0.25) is 0 Å². The molecular weight excluding hydrogens is 427 g/mol. The number of halogens is 3. The molecule has 0 saturated heterocycles. The average Bonchev–Trinajstić information content (AvgIpc) is 3.43. The molecule has 1 aromatic carbocycles. The molecule has 3 rings (SSSR count). The van der Waals surface area contributed by atoms with Crippen LogP contribution < -0.4 is 22.2 Å². The summed E-state index contributed by atoms with van der Waals surface area (Å²) in [7, 11) is 0. The first-order valence-electron chi connectivity index (χ1n) is 10.2. The number of aromatic amines is 1. The molecule has 1 heterocycles. The molecule has 9 nitrogen and oxygen atoms in total. The molecule has 0 unspecified atom stereocenters. The second kappa shape index (κ2) is 9.90. The van der Waals surface area contributed by atoms with Crippen LogP contribution in [0, 0.1) is 5.92 Å². The van der Waals surface area contributed by atoms with E-state index >= 15 is 0 Å². The summed E-state index contributed by atoms with van der Waals surface area (Å²) < 4.78 is 36.5. The van der Waals surface area contributed by atoms with Crippen LogP contribution >= 0.6 is 0 Å². The number of amides is 2. The van der Waals surface area contributed by atoms with Gasteiger partial charge in [0.15, 0.2) is 0 Å². The Kier molecular flexibility index (Phi) is 7.23. The lowest BCUT2D eigenvalue weighted by Crippen LogP contribution is -2.33. The van der Waals surface area contributed by atoms with Crippen LogP contribution in [-0.2, 0) is 22.7 Å². The standard InChI is InChI=1S/C20H26F3N7O2/c21-20(22,23)6-5-18(31)26-8-13-3-4-15-16(7-13)29-17(28-15)9-27-19(32)14(24)11-30(25)10-12-1-2-12/h3-4,7,11-12H,1-2,5-6,8-10,24-25H2,(H,26,31)(H,27,32)(H,28,29)/b14-11-. The van der Waals surface area contributed by atoms with E-state index in [2.05, 4.69) is 20.6 Å². The van der Waals surface area contributed by atoms with Gasteiger partial charge in [0, 0.05) is 25.7 Å². The van der Waals surface area contributed by atoms with Crippen LogP contribution in [0.25, 0.3) is 11.0 Å². The summed E-state index contributed by atoms with van der Waals surface area (Å²) in [6.07, 6.45) is -2.46. The highest BCUT2D eigenvalue weighted by molar-refractivity contribution is 5.92. The van der Waals surface area contributed by atoms with Gasteiger partial charge in [-0.3, -0.25) is 9.59 Å². The minimum Gasteiger partial charge on any atom is -0.393 e. The summed E-state index contributed by atoms with van der Waals surface area (Å²) in [5.74, 6) is 5.71. The van der Waals surface area contributed by atoms with E-state index in [-0.39, 0.29) is 18.8 Å². The van der Waals surface area contributed by atoms with Crippen LogP contribution in [0.4, 0.5) is 13.2 Å². The van der Waals surface area contributed by atoms with Crippen LogP contribution in [0.3, 0.4) is 0 Å². The molecule has 1 fully saturated rings. The third kappa shape index (κ3) is 7.45. The predicted molar refractivity (Wildman–Crippen MR) is 111 cm³/mol. The van der Waals surface area contributed by atoms with Crippen molar-refractivity contribution < 1.29 is 22.8 Å². The SMILES string of the molecule is N/C(=C\N(N)CC1CC1)C(=O)NCc1nc2ccc(CNC(=O)CCC(F)(F)F)cc2[nH]1. The second-order valence-electron chi connectivity index (χ2n) is 7.83. The Labute approximate surface area is 182 Å². The molecule has 0 spiro atoms. The Balaban J connectivity index is 1.50. The topological polar surface area (TPSA) is 142 Å². The van der Waals surface area contributed by atoms with E-state index in [1.807, 2.05) is 0 Å². The van der Waals surface area contributed by atoms with Crippen molar-refractivity contribution in [2.24, 2.45) is 17.5 Å². The highest BCUT2D eigenvalue weighted by Gasteiger charge is 2.27. The second-order valence-corrected chi connectivity index (χ2v) is 7.83. The lowest BCUT2D eigenvalue weighted by molar-refractivity contribution is -0.144. The van der Waals surface area contributed by atoms with Gasteiger partial charge in [-0.1, -0.05) is 6.07 Å². The van der Waals surface area contributed by atoms with Crippen molar-refractivity contribution in [3.8, 4) is 0 Å². The average molecular weight is 453 g/mol. The van der Waals surface area contributed by atoms with Crippen molar-refractivity contribution in [2.45, 2.75) is 44.9 Å². The monoisotopic (exact) mass is 453 g/mol. The number of hydrogen-bond donors (Lipinski definition) is 5. The molecule has 7 N–H and O–H groups in total. The summed E-state index contributed by atoms with van der Waals surface area (Å²) in [5, 5.41) is 6.53. The number of alkyl halides is 3.